The van der Waals surface area contributed by atoms with Gasteiger partial charge in [0.25, 0.3) is 0 Å². The number of hydrogen-bond acceptors (Lipinski definition) is 14. The fraction of sp³-hybridized carbons (Fsp3) is 0.300. The van der Waals surface area contributed by atoms with Crippen LogP contribution in [0.15, 0.2) is 48.3 Å². The second-order valence-electron chi connectivity index (χ2n) is 10.4. The van der Waals surface area contributed by atoms with Crippen molar-refractivity contribution in [2.45, 2.75) is 0 Å². The predicted octanol–water partition coefficient (Wildman–Crippen LogP) is 3.84. The van der Waals surface area contributed by atoms with E-state index in [4.69, 9.17) is 14.2 Å². The van der Waals surface area contributed by atoms with Crippen molar-refractivity contribution in [3.8, 4) is 11.5 Å². The molecule has 0 atom stereocenters. The minimum Gasteiger partial charge on any atom is -0.503 e. The monoisotopic (exact) mass is 639 g/mol. The van der Waals surface area contributed by atoms with Gasteiger partial charge in [-0.15, -0.1) is 0 Å². The number of morpholine rings is 1. The average Bonchev–Trinajstić information content (AvgIpc) is 3.12. The molecule has 3 heterocycles. The summed E-state index contributed by atoms with van der Waals surface area (Å²) in [6.45, 7) is 2.11. The lowest BCUT2D eigenvalue weighted by molar-refractivity contribution is -0.130. The van der Waals surface area contributed by atoms with E-state index >= 15 is 0 Å². The second-order valence-corrected chi connectivity index (χ2v) is 10.4. The Kier molecular flexibility index (Phi) is 9.08. The largest absolute Gasteiger partial charge is 0.503 e. The van der Waals surface area contributed by atoms with E-state index in [1.54, 1.807) is 6.07 Å². The number of nitrogens with one attached hydrogen (secondary N) is 2. The van der Waals surface area contributed by atoms with Crippen LogP contribution in [-0.2, 0) is 9.53 Å². The van der Waals surface area contributed by atoms with Gasteiger partial charge in [0.1, 0.15) is 18.0 Å². The van der Waals surface area contributed by atoms with Crippen molar-refractivity contribution in [2.75, 3.05) is 76.7 Å². The number of halogens is 1. The van der Waals surface area contributed by atoms with E-state index in [0.29, 0.717) is 29.6 Å². The van der Waals surface area contributed by atoms with Gasteiger partial charge >= 0.3 is 0 Å². The number of ether oxygens (including phenoxy) is 3. The van der Waals surface area contributed by atoms with Gasteiger partial charge in [-0.3, -0.25) is 9.69 Å². The van der Waals surface area contributed by atoms with Crippen molar-refractivity contribution >= 4 is 46.3 Å². The number of nitrogens with zero attached hydrogens (tertiary/aromatic N) is 5. The number of likely N-dealkylation sites (N-methyl/N-ethyl adjacent to an activating group) is 1. The quantitative estimate of drug-likeness (QED) is 0.198. The van der Waals surface area contributed by atoms with Gasteiger partial charge in [-0.2, -0.15) is 4.98 Å². The molecule has 2 aliphatic heterocycles. The lowest BCUT2D eigenvalue weighted by atomic mass is 10.0. The zero-order valence-electron chi connectivity index (χ0n) is 25.5. The van der Waals surface area contributed by atoms with Crippen LogP contribution < -0.4 is 25.0 Å². The van der Waals surface area contributed by atoms with Crippen LogP contribution in [0, 0.1) is 5.82 Å². The average molecular weight is 640 g/mol. The van der Waals surface area contributed by atoms with E-state index in [-0.39, 0.29) is 34.3 Å². The SMILES string of the molecule is COc1cc2c(cc1Nc1ncc(F)c(Nc3ccc(N4CCOCC4)cc3OC)n1)C(O)=C(O)N(CC(=O)N(C)C)C(O)=C2O. The van der Waals surface area contributed by atoms with Crippen molar-refractivity contribution in [3.05, 3.63) is 65.2 Å². The topological polar surface area (TPSA) is 185 Å². The maximum atomic E-state index is 14.9. The first-order chi connectivity index (χ1) is 22.0. The number of carbonyl (C=O) groups is 1. The van der Waals surface area contributed by atoms with Crippen molar-refractivity contribution in [2.24, 2.45) is 0 Å². The smallest absolute Gasteiger partial charge is 0.242 e. The Bertz CT molecular complexity index is 1710. The molecule has 244 valence electrons. The number of methoxy groups -OCH3 is 2. The van der Waals surface area contributed by atoms with Crippen LogP contribution in [0.5, 0.6) is 11.5 Å². The molecule has 0 spiro atoms. The summed E-state index contributed by atoms with van der Waals surface area (Å²) < 4.78 is 31.3. The Morgan fingerprint density at radius 3 is 2.22 bits per heavy atom. The summed E-state index contributed by atoms with van der Waals surface area (Å²) in [5, 5.41) is 49.1. The molecule has 0 saturated carbocycles. The number of aliphatic hydroxyl groups excluding tert-OH is 4. The number of rotatable bonds is 9. The fourth-order valence-corrected chi connectivity index (χ4v) is 4.83. The molecular formula is C30H34FN7O8. The summed E-state index contributed by atoms with van der Waals surface area (Å²) >= 11 is 0. The maximum absolute atomic E-state index is 14.9. The zero-order valence-corrected chi connectivity index (χ0v) is 25.5. The third-order valence-corrected chi connectivity index (χ3v) is 7.38. The number of benzene rings is 2. The van der Waals surface area contributed by atoms with Crippen molar-refractivity contribution in [3.63, 3.8) is 0 Å². The van der Waals surface area contributed by atoms with Gasteiger partial charge < -0.3 is 55.1 Å². The summed E-state index contributed by atoms with van der Waals surface area (Å²) in [7, 11) is 5.78. The molecule has 3 aromatic rings. The minimum absolute atomic E-state index is 0.0758. The van der Waals surface area contributed by atoms with Crippen molar-refractivity contribution in [1.29, 1.82) is 0 Å². The van der Waals surface area contributed by atoms with Gasteiger partial charge in [0, 0.05) is 50.1 Å². The number of amides is 1. The minimum atomic E-state index is -0.882. The lowest BCUT2D eigenvalue weighted by Crippen LogP contribution is -2.36. The van der Waals surface area contributed by atoms with Crippen molar-refractivity contribution < 1.29 is 43.8 Å². The Balaban J connectivity index is 1.46. The second kappa shape index (κ2) is 13.2. The van der Waals surface area contributed by atoms with E-state index in [2.05, 4.69) is 25.5 Å². The predicted molar refractivity (Wildman–Crippen MR) is 167 cm³/mol. The maximum Gasteiger partial charge on any atom is 0.242 e. The van der Waals surface area contributed by atoms with Gasteiger partial charge in [0.15, 0.2) is 23.2 Å². The summed E-state index contributed by atoms with van der Waals surface area (Å²) in [6, 6.07) is 8.05. The molecule has 6 N–H and O–H groups in total. The first kappa shape index (κ1) is 31.8. The van der Waals surface area contributed by atoms with Crippen LogP contribution in [0.4, 0.5) is 33.2 Å². The molecule has 0 bridgehead atoms. The molecule has 1 aromatic heterocycles. The Labute approximate surface area is 263 Å². The Morgan fingerprint density at radius 1 is 0.957 bits per heavy atom. The summed E-state index contributed by atoms with van der Waals surface area (Å²) in [5.41, 5.74) is 1.29. The van der Waals surface area contributed by atoms with Crippen LogP contribution in [-0.4, -0.2) is 107 Å². The van der Waals surface area contributed by atoms with Crippen LogP contribution >= 0.6 is 0 Å². The van der Waals surface area contributed by atoms with E-state index in [0.717, 1.165) is 25.0 Å². The molecule has 0 unspecified atom stereocenters. The van der Waals surface area contributed by atoms with Gasteiger partial charge in [0.2, 0.25) is 23.6 Å². The number of anilines is 5. The molecule has 5 rings (SSSR count). The van der Waals surface area contributed by atoms with E-state index in [1.165, 1.54) is 45.3 Å². The fourth-order valence-electron chi connectivity index (χ4n) is 4.83. The molecule has 1 saturated heterocycles. The van der Waals surface area contributed by atoms with Crippen LogP contribution in [0.25, 0.3) is 11.5 Å². The number of carbonyl (C=O) groups excluding carboxylic acids is 1. The molecule has 0 radical (unpaired) electrons. The highest BCUT2D eigenvalue weighted by atomic mass is 19.1. The third-order valence-electron chi connectivity index (χ3n) is 7.38. The normalized spacial score (nSPS) is 14.9. The highest BCUT2D eigenvalue weighted by molar-refractivity contribution is 5.84. The molecule has 2 aromatic carbocycles. The third kappa shape index (κ3) is 6.28. The van der Waals surface area contributed by atoms with Crippen LogP contribution in [0.3, 0.4) is 0 Å². The first-order valence-electron chi connectivity index (χ1n) is 14.0. The van der Waals surface area contributed by atoms with E-state index < -0.39 is 41.6 Å². The summed E-state index contributed by atoms with van der Waals surface area (Å²) in [4.78, 5) is 24.6. The lowest BCUT2D eigenvalue weighted by Gasteiger charge is -2.29. The van der Waals surface area contributed by atoms with Gasteiger partial charge in [0.05, 0.1) is 45.0 Å². The van der Waals surface area contributed by atoms with Gasteiger partial charge in [-0.1, -0.05) is 0 Å². The zero-order chi connectivity index (χ0) is 33.1. The highest BCUT2D eigenvalue weighted by Crippen LogP contribution is 2.40. The molecule has 0 aliphatic carbocycles. The van der Waals surface area contributed by atoms with Gasteiger partial charge in [-0.05, 0) is 24.3 Å². The number of fused-ring (bicyclic) bond motifs is 1. The molecule has 46 heavy (non-hydrogen) atoms. The molecule has 15 nitrogen and oxygen atoms in total. The van der Waals surface area contributed by atoms with Crippen molar-refractivity contribution in [1.82, 2.24) is 19.8 Å². The Morgan fingerprint density at radius 2 is 1.59 bits per heavy atom. The molecule has 1 fully saturated rings. The van der Waals surface area contributed by atoms with Gasteiger partial charge in [-0.25, -0.2) is 9.37 Å². The first-order valence-corrected chi connectivity index (χ1v) is 14.0. The number of aromatic nitrogens is 2. The van der Waals surface area contributed by atoms with Crippen LogP contribution in [0.2, 0.25) is 0 Å². The highest BCUT2D eigenvalue weighted by Gasteiger charge is 2.32. The Hall–Kier alpha value is -5.64. The summed E-state index contributed by atoms with van der Waals surface area (Å²) in [5.74, 6) is -4.20. The summed E-state index contributed by atoms with van der Waals surface area (Å²) in [6.07, 6.45) is 0.956. The molecule has 2 aliphatic rings. The number of aliphatic hydroxyl groups is 4. The standard InChI is InChI=1S/C30H34FN7O8/c1-36(2)24(39)15-38-28(42)25(40)17-12-21(23(45-4)13-18(17)26(41)29(38)43)34-30-32-14-19(31)27(35-30)33-20-6-5-16(11-22(20)44-3)37-7-9-46-10-8-37/h5-6,11-14,40-43H,7-10,15H2,1-4H3,(H2,32,33,34,35). The van der Waals surface area contributed by atoms with Crippen LogP contribution in [0.1, 0.15) is 11.1 Å². The molecule has 1 amide bonds. The van der Waals surface area contributed by atoms with E-state index in [1.807, 2.05) is 12.1 Å². The van der Waals surface area contributed by atoms with E-state index in [9.17, 15) is 29.6 Å². The molecule has 16 heteroatoms. The molecular weight excluding hydrogens is 605 g/mol. The number of hydrogen-bond donors (Lipinski definition) is 6.